The molecule has 2 amide bonds. The van der Waals surface area contributed by atoms with Crippen LogP contribution in [0.3, 0.4) is 0 Å². The van der Waals surface area contributed by atoms with Crippen molar-refractivity contribution < 1.29 is 4.79 Å². The predicted molar refractivity (Wildman–Crippen MR) is 80.6 cm³/mol. The van der Waals surface area contributed by atoms with E-state index in [0.29, 0.717) is 5.92 Å². The number of H-pyrrole nitrogens is 1. The first-order chi connectivity index (χ1) is 9.68. The quantitative estimate of drug-likeness (QED) is 0.865. The number of fused-ring (bicyclic) bond motifs is 1. The van der Waals surface area contributed by atoms with Crippen molar-refractivity contribution in [3.05, 3.63) is 36.0 Å². The Kier molecular flexibility index (Phi) is 3.38. The van der Waals surface area contributed by atoms with Crippen molar-refractivity contribution in [3.63, 3.8) is 0 Å². The molecule has 1 aromatic carbocycles. The molecular formula is C16H21N3O. The van der Waals surface area contributed by atoms with E-state index in [0.717, 1.165) is 24.9 Å². The van der Waals surface area contributed by atoms with Gasteiger partial charge in [-0.1, -0.05) is 25.1 Å². The first kappa shape index (κ1) is 13.0. The van der Waals surface area contributed by atoms with Crippen LogP contribution in [-0.4, -0.2) is 28.5 Å². The fourth-order valence-electron chi connectivity index (χ4n) is 3.43. The number of hydrogen-bond acceptors (Lipinski definition) is 1. The summed E-state index contributed by atoms with van der Waals surface area (Å²) in [5.41, 5.74) is 7.97. The van der Waals surface area contributed by atoms with Gasteiger partial charge in [0.05, 0.1) is 0 Å². The number of likely N-dealkylation sites (tertiary alicyclic amines) is 1. The van der Waals surface area contributed by atoms with Gasteiger partial charge in [0.15, 0.2) is 0 Å². The number of urea groups is 1. The summed E-state index contributed by atoms with van der Waals surface area (Å²) in [6.45, 7) is 2.98. The second-order valence-electron chi connectivity index (χ2n) is 5.67. The highest BCUT2D eigenvalue weighted by molar-refractivity contribution is 5.83. The number of hydrogen-bond donors (Lipinski definition) is 2. The third-order valence-electron chi connectivity index (χ3n) is 4.52. The zero-order valence-corrected chi connectivity index (χ0v) is 11.8. The Bertz CT molecular complexity index is 619. The van der Waals surface area contributed by atoms with Crippen molar-refractivity contribution in [2.45, 2.75) is 38.1 Å². The summed E-state index contributed by atoms with van der Waals surface area (Å²) < 4.78 is 0. The molecule has 1 aromatic heterocycles. The third kappa shape index (κ3) is 2.15. The van der Waals surface area contributed by atoms with Gasteiger partial charge in [-0.15, -0.1) is 0 Å². The Morgan fingerprint density at radius 1 is 1.40 bits per heavy atom. The van der Waals surface area contributed by atoms with Gasteiger partial charge >= 0.3 is 6.03 Å². The van der Waals surface area contributed by atoms with Crippen molar-refractivity contribution in [2.75, 3.05) is 6.54 Å². The third-order valence-corrected chi connectivity index (χ3v) is 4.52. The molecule has 0 saturated carbocycles. The SMILES string of the molecule is CC(c1c[nH]c2ccccc12)C1CCCCN1C(N)=O. The molecule has 1 fully saturated rings. The summed E-state index contributed by atoms with van der Waals surface area (Å²) >= 11 is 0. The van der Waals surface area contributed by atoms with E-state index in [1.54, 1.807) is 0 Å². The van der Waals surface area contributed by atoms with E-state index in [4.69, 9.17) is 5.73 Å². The van der Waals surface area contributed by atoms with E-state index >= 15 is 0 Å². The van der Waals surface area contributed by atoms with Gasteiger partial charge in [-0.25, -0.2) is 4.79 Å². The van der Waals surface area contributed by atoms with Crippen LogP contribution in [-0.2, 0) is 0 Å². The van der Waals surface area contributed by atoms with Crippen molar-refractivity contribution in [1.82, 2.24) is 9.88 Å². The standard InChI is InChI=1S/C16H21N3O/c1-11(15-8-4-5-9-19(15)16(17)20)13-10-18-14-7-3-2-6-12(13)14/h2-3,6-7,10-11,15,18H,4-5,8-9H2,1H3,(H2,17,20). The lowest BCUT2D eigenvalue weighted by Gasteiger charge is -2.38. The van der Waals surface area contributed by atoms with Crippen molar-refractivity contribution >= 4 is 16.9 Å². The zero-order valence-electron chi connectivity index (χ0n) is 11.8. The zero-order chi connectivity index (χ0) is 14.1. The highest BCUT2D eigenvalue weighted by Crippen LogP contribution is 2.33. The fourth-order valence-corrected chi connectivity index (χ4v) is 3.43. The Morgan fingerprint density at radius 3 is 3.00 bits per heavy atom. The lowest BCUT2D eigenvalue weighted by atomic mass is 9.86. The maximum atomic E-state index is 11.6. The van der Waals surface area contributed by atoms with Crippen LogP contribution in [0.1, 0.15) is 37.7 Å². The Hall–Kier alpha value is -1.97. The summed E-state index contributed by atoms with van der Waals surface area (Å²) in [5.74, 6) is 0.291. The molecule has 1 aliphatic heterocycles. The average Bonchev–Trinajstić information content (AvgIpc) is 2.90. The number of primary amides is 1. The molecule has 2 atom stereocenters. The van der Waals surface area contributed by atoms with Crippen molar-refractivity contribution in [2.24, 2.45) is 5.73 Å². The molecule has 2 aromatic rings. The number of rotatable bonds is 2. The number of carbonyl (C=O) groups is 1. The average molecular weight is 271 g/mol. The van der Waals surface area contributed by atoms with Crippen LogP contribution in [0, 0.1) is 0 Å². The number of aromatic nitrogens is 1. The van der Waals surface area contributed by atoms with Crippen LogP contribution in [0.25, 0.3) is 10.9 Å². The van der Waals surface area contributed by atoms with Gasteiger partial charge in [-0.3, -0.25) is 0 Å². The van der Waals surface area contributed by atoms with Gasteiger partial charge in [-0.2, -0.15) is 0 Å². The second kappa shape index (κ2) is 5.19. The Morgan fingerprint density at radius 2 is 2.20 bits per heavy atom. The first-order valence-electron chi connectivity index (χ1n) is 7.30. The highest BCUT2D eigenvalue weighted by atomic mass is 16.2. The summed E-state index contributed by atoms with van der Waals surface area (Å²) in [6, 6.07) is 8.22. The molecule has 0 spiro atoms. The van der Waals surface area contributed by atoms with Gasteiger partial charge in [0, 0.05) is 35.6 Å². The van der Waals surface area contributed by atoms with E-state index in [9.17, 15) is 4.79 Å². The van der Waals surface area contributed by atoms with Gasteiger partial charge in [0.2, 0.25) is 0 Å². The minimum absolute atomic E-state index is 0.209. The monoisotopic (exact) mass is 271 g/mol. The molecule has 0 bridgehead atoms. The topological polar surface area (TPSA) is 62.1 Å². The minimum atomic E-state index is -0.290. The number of nitrogens with one attached hydrogen (secondary N) is 1. The largest absolute Gasteiger partial charge is 0.361 e. The molecule has 4 heteroatoms. The van der Waals surface area contributed by atoms with Crippen LogP contribution in [0.5, 0.6) is 0 Å². The molecule has 3 rings (SSSR count). The predicted octanol–water partition coefficient (Wildman–Crippen LogP) is 3.20. The Labute approximate surface area is 118 Å². The van der Waals surface area contributed by atoms with E-state index in [-0.39, 0.29) is 12.1 Å². The molecule has 2 heterocycles. The van der Waals surface area contributed by atoms with Crippen LogP contribution in [0.2, 0.25) is 0 Å². The molecule has 1 saturated heterocycles. The van der Waals surface area contributed by atoms with Crippen molar-refractivity contribution in [3.8, 4) is 0 Å². The number of amides is 2. The van der Waals surface area contributed by atoms with Gasteiger partial charge in [-0.05, 0) is 30.9 Å². The lowest BCUT2D eigenvalue weighted by Crippen LogP contribution is -2.48. The number of nitrogens with two attached hydrogens (primary N) is 1. The molecule has 1 aliphatic rings. The molecule has 3 N–H and O–H groups in total. The van der Waals surface area contributed by atoms with Crippen LogP contribution < -0.4 is 5.73 Å². The van der Waals surface area contributed by atoms with Gasteiger partial charge in [0.25, 0.3) is 0 Å². The van der Waals surface area contributed by atoms with Crippen LogP contribution in [0.4, 0.5) is 4.79 Å². The normalized spacial score (nSPS) is 21.1. The summed E-state index contributed by atoms with van der Waals surface area (Å²) in [4.78, 5) is 16.8. The summed E-state index contributed by atoms with van der Waals surface area (Å²) in [7, 11) is 0. The molecule has 20 heavy (non-hydrogen) atoms. The molecule has 0 radical (unpaired) electrons. The number of aromatic amines is 1. The van der Waals surface area contributed by atoms with E-state index in [2.05, 4.69) is 36.3 Å². The smallest absolute Gasteiger partial charge is 0.315 e. The summed E-state index contributed by atoms with van der Waals surface area (Å²) in [6.07, 6.45) is 5.33. The molecule has 2 unspecified atom stereocenters. The molecular weight excluding hydrogens is 250 g/mol. The Balaban J connectivity index is 1.94. The lowest BCUT2D eigenvalue weighted by molar-refractivity contribution is 0.147. The first-order valence-corrected chi connectivity index (χ1v) is 7.30. The number of nitrogens with zero attached hydrogens (tertiary/aromatic N) is 1. The maximum Gasteiger partial charge on any atom is 0.315 e. The maximum absolute atomic E-state index is 11.6. The number of carbonyl (C=O) groups excluding carboxylic acids is 1. The van der Waals surface area contributed by atoms with Crippen molar-refractivity contribution in [1.29, 1.82) is 0 Å². The number of piperidine rings is 1. The van der Waals surface area contributed by atoms with Crippen LogP contribution in [0.15, 0.2) is 30.5 Å². The number of benzene rings is 1. The fraction of sp³-hybridized carbons (Fsp3) is 0.438. The van der Waals surface area contributed by atoms with Gasteiger partial charge in [0.1, 0.15) is 0 Å². The van der Waals surface area contributed by atoms with Crippen LogP contribution >= 0.6 is 0 Å². The second-order valence-corrected chi connectivity index (χ2v) is 5.67. The van der Waals surface area contributed by atoms with Gasteiger partial charge < -0.3 is 15.6 Å². The number of para-hydroxylation sites is 1. The highest BCUT2D eigenvalue weighted by Gasteiger charge is 2.31. The van der Waals surface area contributed by atoms with E-state index in [1.807, 2.05) is 11.0 Å². The van der Waals surface area contributed by atoms with E-state index < -0.39 is 0 Å². The molecule has 0 aliphatic carbocycles. The summed E-state index contributed by atoms with van der Waals surface area (Å²) in [5, 5.41) is 1.25. The molecule has 106 valence electrons. The van der Waals surface area contributed by atoms with E-state index in [1.165, 1.54) is 17.4 Å². The minimum Gasteiger partial charge on any atom is -0.361 e. The molecule has 4 nitrogen and oxygen atoms in total.